The molecule has 1 unspecified atom stereocenters. The Labute approximate surface area is 71.6 Å². The van der Waals surface area contributed by atoms with Crippen molar-refractivity contribution in [2.24, 2.45) is 5.73 Å². The molecule has 0 radical (unpaired) electrons. The Kier molecular flexibility index (Phi) is 2.82. The van der Waals surface area contributed by atoms with E-state index in [2.05, 4.69) is 11.6 Å². The van der Waals surface area contributed by atoms with Gasteiger partial charge in [-0.3, -0.25) is 4.98 Å². The van der Waals surface area contributed by atoms with Crippen LogP contribution in [0.4, 0.5) is 0 Å². The predicted octanol–water partition coefficient (Wildman–Crippen LogP) is 1.36. The zero-order valence-electron chi connectivity index (χ0n) is 6.77. The summed E-state index contributed by atoms with van der Waals surface area (Å²) in [6.45, 7) is 3.57. The number of pyridine rings is 1. The number of rotatable bonds is 3. The fourth-order valence-electron chi connectivity index (χ4n) is 0.986. The molecule has 3 N–H and O–H groups in total. The molecule has 0 fully saturated rings. The van der Waals surface area contributed by atoms with Crippen LogP contribution in [0.3, 0.4) is 0 Å². The summed E-state index contributed by atoms with van der Waals surface area (Å²) in [6.07, 6.45) is 3.93. The molecule has 64 valence electrons. The Balaban J connectivity index is 2.86. The summed E-state index contributed by atoms with van der Waals surface area (Å²) in [6, 6.07) is 2.98. The van der Waals surface area contributed by atoms with Gasteiger partial charge >= 0.3 is 0 Å². The van der Waals surface area contributed by atoms with Crippen LogP contribution in [0.1, 0.15) is 18.2 Å². The van der Waals surface area contributed by atoms with Gasteiger partial charge in [0.25, 0.3) is 0 Å². The third-order valence-corrected chi connectivity index (χ3v) is 1.59. The molecule has 1 atom stereocenters. The van der Waals surface area contributed by atoms with E-state index in [0.29, 0.717) is 12.1 Å². The topological polar surface area (TPSA) is 59.1 Å². The fraction of sp³-hybridized carbons (Fsp3) is 0.222. The maximum Gasteiger partial charge on any atom is 0.138 e. The second-order valence-corrected chi connectivity index (χ2v) is 2.54. The Hall–Kier alpha value is -1.35. The largest absolute Gasteiger partial charge is 0.506 e. The van der Waals surface area contributed by atoms with Crippen LogP contribution in [0.25, 0.3) is 0 Å². The highest BCUT2D eigenvalue weighted by atomic mass is 16.3. The fourth-order valence-corrected chi connectivity index (χ4v) is 0.986. The summed E-state index contributed by atoms with van der Waals surface area (Å²) in [4.78, 5) is 3.97. The number of hydrogen-bond acceptors (Lipinski definition) is 3. The Bertz CT molecular complexity index is 273. The van der Waals surface area contributed by atoms with Crippen LogP contribution < -0.4 is 5.73 Å². The second-order valence-electron chi connectivity index (χ2n) is 2.54. The molecule has 0 aromatic carbocycles. The van der Waals surface area contributed by atoms with Gasteiger partial charge in [-0.1, -0.05) is 6.08 Å². The van der Waals surface area contributed by atoms with Gasteiger partial charge in [-0.05, 0) is 18.6 Å². The quantitative estimate of drug-likeness (QED) is 0.663. The molecule has 0 saturated heterocycles. The van der Waals surface area contributed by atoms with Gasteiger partial charge in [-0.2, -0.15) is 0 Å². The third-order valence-electron chi connectivity index (χ3n) is 1.59. The summed E-state index contributed by atoms with van der Waals surface area (Å²) >= 11 is 0. The number of nitrogens with zero attached hydrogens (tertiary/aromatic N) is 1. The normalized spacial score (nSPS) is 12.4. The molecule has 0 saturated carbocycles. The third kappa shape index (κ3) is 1.83. The van der Waals surface area contributed by atoms with Crippen molar-refractivity contribution in [1.29, 1.82) is 0 Å². The smallest absolute Gasteiger partial charge is 0.138 e. The van der Waals surface area contributed by atoms with Crippen molar-refractivity contribution in [3.63, 3.8) is 0 Å². The second kappa shape index (κ2) is 3.88. The average molecular weight is 164 g/mol. The van der Waals surface area contributed by atoms with Gasteiger partial charge in [-0.15, -0.1) is 6.58 Å². The van der Waals surface area contributed by atoms with Crippen molar-refractivity contribution in [1.82, 2.24) is 4.98 Å². The zero-order valence-corrected chi connectivity index (χ0v) is 6.77. The minimum atomic E-state index is -0.260. The highest BCUT2D eigenvalue weighted by molar-refractivity contribution is 5.27. The SMILES string of the molecule is C=CCC(N)c1ncccc1O. The zero-order chi connectivity index (χ0) is 8.97. The molecule has 12 heavy (non-hydrogen) atoms. The molecule has 1 rings (SSSR count). The summed E-state index contributed by atoms with van der Waals surface area (Å²) in [5.41, 5.74) is 6.24. The maximum absolute atomic E-state index is 9.33. The minimum Gasteiger partial charge on any atom is -0.506 e. The molecular formula is C9H12N2O. The molecule has 0 bridgehead atoms. The van der Waals surface area contributed by atoms with Gasteiger partial charge < -0.3 is 10.8 Å². The average Bonchev–Trinajstić information content (AvgIpc) is 2.05. The van der Waals surface area contributed by atoms with E-state index >= 15 is 0 Å². The van der Waals surface area contributed by atoms with Crippen LogP contribution in [-0.4, -0.2) is 10.1 Å². The van der Waals surface area contributed by atoms with Gasteiger partial charge in [0.1, 0.15) is 5.75 Å². The molecule has 1 aromatic heterocycles. The molecule has 0 spiro atoms. The minimum absolute atomic E-state index is 0.145. The molecule has 0 aliphatic heterocycles. The van der Waals surface area contributed by atoms with Crippen LogP contribution in [0.15, 0.2) is 31.0 Å². The van der Waals surface area contributed by atoms with Crippen LogP contribution in [0.5, 0.6) is 5.75 Å². The molecule has 0 aliphatic rings. The first-order chi connectivity index (χ1) is 5.75. The van der Waals surface area contributed by atoms with Crippen molar-refractivity contribution in [3.8, 4) is 5.75 Å². The van der Waals surface area contributed by atoms with E-state index in [1.54, 1.807) is 24.4 Å². The standard InChI is InChI=1S/C9H12N2O/c1-2-4-7(10)9-8(12)5-3-6-11-9/h2-3,5-7,12H,1,4,10H2. The van der Waals surface area contributed by atoms with Crippen molar-refractivity contribution in [2.75, 3.05) is 0 Å². The molecule has 3 heteroatoms. The van der Waals surface area contributed by atoms with Crippen LogP contribution in [-0.2, 0) is 0 Å². The van der Waals surface area contributed by atoms with Gasteiger partial charge in [0.15, 0.2) is 0 Å². The lowest BCUT2D eigenvalue weighted by atomic mass is 10.1. The van der Waals surface area contributed by atoms with E-state index in [-0.39, 0.29) is 11.8 Å². The molecule has 1 aromatic rings. The highest BCUT2D eigenvalue weighted by Crippen LogP contribution is 2.21. The molecule has 1 heterocycles. The van der Waals surface area contributed by atoms with Crippen molar-refractivity contribution in [3.05, 3.63) is 36.7 Å². The van der Waals surface area contributed by atoms with Gasteiger partial charge in [0.05, 0.1) is 11.7 Å². The van der Waals surface area contributed by atoms with Crippen LogP contribution in [0, 0.1) is 0 Å². The molecular weight excluding hydrogens is 152 g/mol. The summed E-state index contributed by atoms with van der Waals surface area (Å²) < 4.78 is 0. The van der Waals surface area contributed by atoms with Crippen molar-refractivity contribution < 1.29 is 5.11 Å². The van der Waals surface area contributed by atoms with Crippen LogP contribution >= 0.6 is 0 Å². The lowest BCUT2D eigenvalue weighted by molar-refractivity contribution is 0.456. The lowest BCUT2D eigenvalue weighted by Gasteiger charge is -2.08. The number of aromatic nitrogens is 1. The van der Waals surface area contributed by atoms with E-state index in [4.69, 9.17) is 5.73 Å². The number of hydrogen-bond donors (Lipinski definition) is 2. The van der Waals surface area contributed by atoms with Gasteiger partial charge in [0.2, 0.25) is 0 Å². The summed E-state index contributed by atoms with van der Waals surface area (Å²) in [5.74, 6) is 0.145. The van der Waals surface area contributed by atoms with E-state index in [9.17, 15) is 5.11 Å². The number of nitrogens with two attached hydrogens (primary N) is 1. The Morgan fingerprint density at radius 1 is 1.75 bits per heavy atom. The van der Waals surface area contributed by atoms with Crippen molar-refractivity contribution in [2.45, 2.75) is 12.5 Å². The molecule has 0 amide bonds. The van der Waals surface area contributed by atoms with Gasteiger partial charge in [0, 0.05) is 6.20 Å². The highest BCUT2D eigenvalue weighted by Gasteiger charge is 2.09. The summed E-state index contributed by atoms with van der Waals surface area (Å²) in [5, 5.41) is 9.33. The number of aromatic hydroxyl groups is 1. The maximum atomic E-state index is 9.33. The van der Waals surface area contributed by atoms with Crippen molar-refractivity contribution >= 4 is 0 Å². The predicted molar refractivity (Wildman–Crippen MR) is 47.6 cm³/mol. The monoisotopic (exact) mass is 164 g/mol. The first-order valence-corrected chi connectivity index (χ1v) is 3.76. The molecule has 3 nitrogen and oxygen atoms in total. The summed E-state index contributed by atoms with van der Waals surface area (Å²) in [7, 11) is 0. The van der Waals surface area contributed by atoms with E-state index < -0.39 is 0 Å². The van der Waals surface area contributed by atoms with E-state index in [1.807, 2.05) is 0 Å². The Morgan fingerprint density at radius 3 is 3.08 bits per heavy atom. The van der Waals surface area contributed by atoms with Crippen LogP contribution in [0.2, 0.25) is 0 Å². The first-order valence-electron chi connectivity index (χ1n) is 3.76. The lowest BCUT2D eigenvalue weighted by Crippen LogP contribution is -2.10. The van der Waals surface area contributed by atoms with Gasteiger partial charge in [-0.25, -0.2) is 0 Å². The molecule has 0 aliphatic carbocycles. The van der Waals surface area contributed by atoms with E-state index in [0.717, 1.165) is 0 Å². The van der Waals surface area contributed by atoms with E-state index in [1.165, 1.54) is 0 Å². The Morgan fingerprint density at radius 2 is 2.50 bits per heavy atom. The first kappa shape index (κ1) is 8.74.